The van der Waals surface area contributed by atoms with Crippen LogP contribution in [0.2, 0.25) is 5.02 Å². The number of hydrogen-bond donors (Lipinski definition) is 2. The third kappa shape index (κ3) is 6.04. The second-order valence-electron chi connectivity index (χ2n) is 7.96. The Hall–Kier alpha value is -2.52. The van der Waals surface area contributed by atoms with Crippen molar-refractivity contribution in [3.8, 4) is 5.75 Å². The van der Waals surface area contributed by atoms with Gasteiger partial charge in [-0.05, 0) is 56.0 Å². The van der Waals surface area contributed by atoms with Gasteiger partial charge in [0.15, 0.2) is 5.82 Å². The molecule has 1 aliphatic carbocycles. The number of carbonyl (C=O) groups is 2. The number of halogens is 1. The maximum absolute atomic E-state index is 12.2. The van der Waals surface area contributed by atoms with Gasteiger partial charge in [0.05, 0.1) is 17.9 Å². The molecule has 2 aromatic rings. The molecule has 2 fully saturated rings. The summed E-state index contributed by atoms with van der Waals surface area (Å²) in [6, 6.07) is 9.29. The fourth-order valence-electron chi connectivity index (χ4n) is 3.56. The summed E-state index contributed by atoms with van der Waals surface area (Å²) in [4.78, 5) is 26.6. The van der Waals surface area contributed by atoms with Crippen molar-refractivity contribution in [2.45, 2.75) is 36.8 Å². The zero-order valence-electron chi connectivity index (χ0n) is 17.8. The van der Waals surface area contributed by atoms with Crippen LogP contribution in [0.15, 0.2) is 35.4 Å². The third-order valence-corrected chi connectivity index (χ3v) is 6.74. The number of thioether (sulfide) groups is 1. The summed E-state index contributed by atoms with van der Waals surface area (Å²) in [6.45, 7) is 1.58. The minimum Gasteiger partial charge on any atom is -0.495 e. The lowest BCUT2D eigenvalue weighted by atomic mass is 9.96. The molecule has 10 heteroatoms. The summed E-state index contributed by atoms with van der Waals surface area (Å²) >= 11 is 7.40. The van der Waals surface area contributed by atoms with Crippen LogP contribution in [0, 0.1) is 5.92 Å². The maximum Gasteiger partial charge on any atom is 0.234 e. The van der Waals surface area contributed by atoms with Crippen LogP contribution < -0.4 is 20.3 Å². The van der Waals surface area contributed by atoms with E-state index >= 15 is 0 Å². The van der Waals surface area contributed by atoms with Gasteiger partial charge in [-0.1, -0.05) is 23.4 Å². The number of aromatic nitrogens is 2. The number of hydrogen-bond acceptors (Lipinski definition) is 7. The Bertz CT molecular complexity index is 963. The van der Waals surface area contributed by atoms with E-state index in [1.54, 1.807) is 25.3 Å². The number of carbonyl (C=O) groups excluding carboxylic acids is 2. The molecule has 0 unspecified atom stereocenters. The second kappa shape index (κ2) is 10.4. The van der Waals surface area contributed by atoms with Crippen LogP contribution in [0.4, 0.5) is 11.5 Å². The predicted octanol–water partition coefficient (Wildman–Crippen LogP) is 3.36. The van der Waals surface area contributed by atoms with Crippen molar-refractivity contribution in [2.75, 3.05) is 36.2 Å². The van der Waals surface area contributed by atoms with Crippen LogP contribution in [-0.2, 0) is 9.59 Å². The van der Waals surface area contributed by atoms with Crippen molar-refractivity contribution in [2.24, 2.45) is 5.92 Å². The highest BCUT2D eigenvalue weighted by atomic mass is 35.5. The molecule has 1 saturated heterocycles. The topological polar surface area (TPSA) is 96.5 Å². The summed E-state index contributed by atoms with van der Waals surface area (Å²) < 4.78 is 5.11. The quantitative estimate of drug-likeness (QED) is 0.565. The molecule has 2 heterocycles. The molecular weight excluding hydrogens is 450 g/mol. The molecule has 0 spiro atoms. The van der Waals surface area contributed by atoms with E-state index in [2.05, 4.69) is 25.7 Å². The van der Waals surface area contributed by atoms with Gasteiger partial charge in [-0.15, -0.1) is 10.2 Å². The van der Waals surface area contributed by atoms with Crippen LogP contribution in [0.3, 0.4) is 0 Å². The molecule has 2 amide bonds. The highest BCUT2D eigenvalue weighted by molar-refractivity contribution is 7.99. The fraction of sp³-hybridized carbons (Fsp3) is 0.455. The summed E-state index contributed by atoms with van der Waals surface area (Å²) in [5.74, 6) is 1.69. The Morgan fingerprint density at radius 2 is 1.94 bits per heavy atom. The van der Waals surface area contributed by atoms with Crippen LogP contribution >= 0.6 is 23.4 Å². The average molecular weight is 476 g/mol. The van der Waals surface area contributed by atoms with Gasteiger partial charge in [0.1, 0.15) is 10.8 Å². The van der Waals surface area contributed by atoms with Crippen LogP contribution in [-0.4, -0.2) is 54.0 Å². The van der Waals surface area contributed by atoms with E-state index in [1.807, 2.05) is 12.1 Å². The normalized spacial score (nSPS) is 16.5. The van der Waals surface area contributed by atoms with Gasteiger partial charge < -0.3 is 20.3 Å². The second-order valence-corrected chi connectivity index (χ2v) is 9.36. The first-order chi connectivity index (χ1) is 15.5. The first-order valence-corrected chi connectivity index (χ1v) is 12.0. The van der Waals surface area contributed by atoms with E-state index in [9.17, 15) is 9.59 Å². The Balaban J connectivity index is 1.22. The lowest BCUT2D eigenvalue weighted by Crippen LogP contribution is -2.41. The van der Waals surface area contributed by atoms with E-state index in [4.69, 9.17) is 16.3 Å². The lowest BCUT2D eigenvalue weighted by Gasteiger charge is -2.31. The lowest BCUT2D eigenvalue weighted by molar-refractivity contribution is -0.125. The van der Waals surface area contributed by atoms with E-state index < -0.39 is 0 Å². The summed E-state index contributed by atoms with van der Waals surface area (Å²) in [7, 11) is 1.54. The third-order valence-electron chi connectivity index (χ3n) is 5.53. The Labute approximate surface area is 196 Å². The van der Waals surface area contributed by atoms with Crippen molar-refractivity contribution < 1.29 is 14.3 Å². The summed E-state index contributed by atoms with van der Waals surface area (Å²) in [6.07, 6.45) is 3.88. The number of nitrogens with zero attached hydrogens (tertiary/aromatic N) is 3. The van der Waals surface area contributed by atoms with Gasteiger partial charge in [0.25, 0.3) is 0 Å². The molecule has 170 valence electrons. The maximum atomic E-state index is 12.2. The van der Waals surface area contributed by atoms with Crippen LogP contribution in [0.25, 0.3) is 0 Å². The molecule has 0 atom stereocenters. The number of benzene rings is 1. The largest absolute Gasteiger partial charge is 0.495 e. The van der Waals surface area contributed by atoms with E-state index in [1.165, 1.54) is 11.8 Å². The van der Waals surface area contributed by atoms with Crippen molar-refractivity contribution in [1.29, 1.82) is 0 Å². The highest BCUT2D eigenvalue weighted by Crippen LogP contribution is 2.28. The van der Waals surface area contributed by atoms with Crippen molar-refractivity contribution >= 4 is 46.7 Å². The standard InChI is InChI=1S/C22H26ClN5O3S/c1-31-18-5-4-16(12-17(18)23)24-20(29)13-32-21-7-6-19(26-27-21)28-10-8-14(9-11-28)22(30)25-15-2-3-15/h4-7,12,14-15H,2-3,8-11,13H2,1H3,(H,24,29)(H,25,30). The molecule has 1 saturated carbocycles. The summed E-state index contributed by atoms with van der Waals surface area (Å²) in [5.41, 5.74) is 0.608. The minimum absolute atomic E-state index is 0.0914. The number of amides is 2. The van der Waals surface area contributed by atoms with Gasteiger partial charge in [0.2, 0.25) is 11.8 Å². The smallest absolute Gasteiger partial charge is 0.234 e. The highest BCUT2D eigenvalue weighted by Gasteiger charge is 2.30. The molecule has 2 aliphatic rings. The number of ether oxygens (including phenoxy) is 1. The number of piperidine rings is 1. The molecule has 32 heavy (non-hydrogen) atoms. The SMILES string of the molecule is COc1ccc(NC(=O)CSc2ccc(N3CCC(C(=O)NC4CC4)CC3)nn2)cc1Cl. The first kappa shape index (κ1) is 22.7. The van der Waals surface area contributed by atoms with E-state index in [0.29, 0.717) is 27.5 Å². The molecule has 8 nitrogen and oxygen atoms in total. The van der Waals surface area contributed by atoms with Crippen LogP contribution in [0.5, 0.6) is 5.75 Å². The molecule has 1 aromatic heterocycles. The first-order valence-electron chi connectivity index (χ1n) is 10.7. The zero-order chi connectivity index (χ0) is 22.5. The van der Waals surface area contributed by atoms with E-state index in [-0.39, 0.29) is 23.5 Å². The Morgan fingerprint density at radius 1 is 1.16 bits per heavy atom. The van der Waals surface area contributed by atoms with Crippen molar-refractivity contribution in [3.05, 3.63) is 35.4 Å². The van der Waals surface area contributed by atoms with Crippen molar-refractivity contribution in [3.63, 3.8) is 0 Å². The number of methoxy groups -OCH3 is 1. The monoisotopic (exact) mass is 475 g/mol. The van der Waals surface area contributed by atoms with Gasteiger partial charge >= 0.3 is 0 Å². The van der Waals surface area contributed by atoms with Gasteiger partial charge in [-0.25, -0.2) is 0 Å². The zero-order valence-corrected chi connectivity index (χ0v) is 19.4. The fourth-order valence-corrected chi connectivity index (χ4v) is 4.43. The molecule has 0 radical (unpaired) electrons. The number of anilines is 2. The van der Waals surface area contributed by atoms with Crippen LogP contribution in [0.1, 0.15) is 25.7 Å². The van der Waals surface area contributed by atoms with Gasteiger partial charge in [0, 0.05) is 30.7 Å². The van der Waals surface area contributed by atoms with E-state index in [0.717, 1.165) is 44.6 Å². The average Bonchev–Trinajstić information content (AvgIpc) is 3.62. The van der Waals surface area contributed by atoms with Crippen molar-refractivity contribution in [1.82, 2.24) is 15.5 Å². The number of nitrogens with one attached hydrogen (secondary N) is 2. The molecule has 4 rings (SSSR count). The molecule has 1 aliphatic heterocycles. The van der Waals surface area contributed by atoms with Gasteiger partial charge in [-0.2, -0.15) is 0 Å². The molecular formula is C22H26ClN5O3S. The Kier molecular flexibility index (Phi) is 7.36. The number of rotatable bonds is 8. The predicted molar refractivity (Wildman–Crippen MR) is 125 cm³/mol. The molecule has 0 bridgehead atoms. The minimum atomic E-state index is -0.159. The molecule has 2 N–H and O–H groups in total. The van der Waals surface area contributed by atoms with Gasteiger partial charge in [-0.3, -0.25) is 9.59 Å². The Morgan fingerprint density at radius 3 is 2.56 bits per heavy atom. The molecule has 1 aromatic carbocycles. The summed E-state index contributed by atoms with van der Waals surface area (Å²) in [5, 5.41) is 15.6.